The van der Waals surface area contributed by atoms with Gasteiger partial charge in [-0.3, -0.25) is 9.79 Å². The van der Waals surface area contributed by atoms with Crippen molar-refractivity contribution < 1.29 is 22.4 Å². The summed E-state index contributed by atoms with van der Waals surface area (Å²) in [5.74, 6) is -1.19. The fourth-order valence-corrected chi connectivity index (χ4v) is 3.95. The summed E-state index contributed by atoms with van der Waals surface area (Å²) in [6, 6.07) is 8.46. The van der Waals surface area contributed by atoms with Crippen LogP contribution in [0, 0.1) is 5.82 Å². The van der Waals surface area contributed by atoms with E-state index < -0.39 is 34.6 Å². The minimum atomic E-state index is -4.78. The summed E-state index contributed by atoms with van der Waals surface area (Å²) in [6.07, 6.45) is -4.06. The first kappa shape index (κ1) is 20.2. The second-order valence-electron chi connectivity index (χ2n) is 6.54. The van der Waals surface area contributed by atoms with Crippen molar-refractivity contribution in [3.63, 3.8) is 0 Å². The van der Waals surface area contributed by atoms with Gasteiger partial charge in [-0.15, -0.1) is 0 Å². The largest absolute Gasteiger partial charge is 0.417 e. The molecule has 0 spiro atoms. The lowest BCUT2D eigenvalue weighted by molar-refractivity contribution is -0.137. The fraction of sp³-hybridized carbons (Fsp3) is 0.263. The van der Waals surface area contributed by atoms with Crippen LogP contribution in [0.2, 0.25) is 0 Å². The van der Waals surface area contributed by atoms with Gasteiger partial charge in [0.15, 0.2) is 5.17 Å². The van der Waals surface area contributed by atoms with Gasteiger partial charge in [0.2, 0.25) is 0 Å². The van der Waals surface area contributed by atoms with E-state index in [0.29, 0.717) is 23.4 Å². The van der Waals surface area contributed by atoms with E-state index in [1.54, 1.807) is 18.2 Å². The predicted molar refractivity (Wildman–Crippen MR) is 102 cm³/mol. The van der Waals surface area contributed by atoms with Crippen molar-refractivity contribution in [1.29, 1.82) is 0 Å². The van der Waals surface area contributed by atoms with Crippen LogP contribution < -0.4 is 11.1 Å². The van der Waals surface area contributed by atoms with Gasteiger partial charge in [0, 0.05) is 11.4 Å². The summed E-state index contributed by atoms with van der Waals surface area (Å²) >= 11 is 1.45. The summed E-state index contributed by atoms with van der Waals surface area (Å²) < 4.78 is 52.9. The highest BCUT2D eigenvalue weighted by atomic mass is 32.2. The maximum atomic E-state index is 13.5. The van der Waals surface area contributed by atoms with Gasteiger partial charge in [0.25, 0.3) is 5.91 Å². The number of benzene rings is 2. The van der Waals surface area contributed by atoms with E-state index in [0.717, 1.165) is 17.7 Å². The number of hydrogen-bond donors (Lipinski definition) is 2. The number of carbonyl (C=O) groups is 1. The zero-order valence-electron chi connectivity index (χ0n) is 14.8. The number of amidine groups is 1. The van der Waals surface area contributed by atoms with Gasteiger partial charge >= 0.3 is 6.18 Å². The molecule has 1 atom stereocenters. The van der Waals surface area contributed by atoms with Crippen LogP contribution in [-0.4, -0.2) is 16.8 Å². The number of thioether (sulfide) groups is 1. The lowest BCUT2D eigenvalue weighted by atomic mass is 9.89. The van der Waals surface area contributed by atoms with Crippen molar-refractivity contribution in [2.24, 2.45) is 10.7 Å². The van der Waals surface area contributed by atoms with Crippen molar-refractivity contribution in [1.82, 2.24) is 0 Å². The molecule has 148 valence electrons. The van der Waals surface area contributed by atoms with Crippen LogP contribution in [0.5, 0.6) is 0 Å². The number of nitrogens with one attached hydrogen (secondary N) is 1. The van der Waals surface area contributed by atoms with Crippen molar-refractivity contribution in [3.8, 4) is 0 Å². The number of nitrogens with two attached hydrogens (primary N) is 1. The highest BCUT2D eigenvalue weighted by molar-refractivity contribution is 8.13. The Labute approximate surface area is 163 Å². The van der Waals surface area contributed by atoms with Crippen molar-refractivity contribution in [2.45, 2.75) is 25.1 Å². The molecule has 1 amide bonds. The third-order valence-corrected chi connectivity index (χ3v) is 5.27. The Balaban J connectivity index is 1.91. The van der Waals surface area contributed by atoms with Crippen LogP contribution in [0.1, 0.15) is 34.8 Å². The number of rotatable bonds is 3. The number of halogens is 4. The Kier molecular flexibility index (Phi) is 5.38. The molecule has 0 fully saturated rings. The van der Waals surface area contributed by atoms with Crippen LogP contribution >= 0.6 is 11.8 Å². The summed E-state index contributed by atoms with van der Waals surface area (Å²) in [7, 11) is 0. The first-order valence-electron chi connectivity index (χ1n) is 8.35. The number of amides is 1. The Bertz CT molecular complexity index is 945. The SMILES string of the molecule is CC1(c2cccc(NC(=O)c3cc(F)ccc3C(F)(F)F)c2)CCSC(N)=N1. The molecule has 0 aliphatic carbocycles. The number of carbonyl (C=O) groups excluding carboxylic acids is 1. The molecule has 1 aliphatic rings. The Hall–Kier alpha value is -2.55. The molecule has 28 heavy (non-hydrogen) atoms. The van der Waals surface area contributed by atoms with Crippen LogP contribution in [0.15, 0.2) is 47.5 Å². The first-order valence-corrected chi connectivity index (χ1v) is 9.34. The predicted octanol–water partition coefficient (Wildman–Crippen LogP) is 4.76. The lowest BCUT2D eigenvalue weighted by Gasteiger charge is -2.30. The Morgan fingerprint density at radius 2 is 2.00 bits per heavy atom. The minimum absolute atomic E-state index is 0.285. The van der Waals surface area contributed by atoms with E-state index in [4.69, 9.17) is 5.73 Å². The smallest absolute Gasteiger partial charge is 0.379 e. The van der Waals surface area contributed by atoms with Gasteiger partial charge in [0.05, 0.1) is 16.7 Å². The second kappa shape index (κ2) is 7.46. The highest BCUT2D eigenvalue weighted by Crippen LogP contribution is 2.36. The summed E-state index contributed by atoms with van der Waals surface area (Å²) in [5.41, 5.74) is 4.30. The van der Waals surface area contributed by atoms with Gasteiger partial charge in [-0.05, 0) is 49.2 Å². The molecule has 0 radical (unpaired) electrons. The molecule has 0 saturated carbocycles. The van der Waals surface area contributed by atoms with Gasteiger partial charge in [0.1, 0.15) is 5.82 Å². The average molecular weight is 411 g/mol. The number of hydrogen-bond acceptors (Lipinski definition) is 4. The maximum Gasteiger partial charge on any atom is 0.417 e. The lowest BCUT2D eigenvalue weighted by Crippen LogP contribution is -2.28. The first-order chi connectivity index (χ1) is 13.1. The Morgan fingerprint density at radius 3 is 2.68 bits per heavy atom. The quantitative estimate of drug-likeness (QED) is 0.716. The standard InChI is InChI=1S/C19H17F4N3OS/c1-18(7-8-28-17(24)26-18)11-3-2-4-13(9-11)25-16(27)14-10-12(20)5-6-15(14)19(21,22)23/h2-6,9-10H,7-8H2,1H3,(H2,24,26)(H,25,27). The topological polar surface area (TPSA) is 67.5 Å². The molecule has 0 saturated heterocycles. The van der Waals surface area contributed by atoms with E-state index in [2.05, 4.69) is 10.3 Å². The molecule has 1 unspecified atom stereocenters. The van der Waals surface area contributed by atoms with Gasteiger partial charge in [-0.1, -0.05) is 23.9 Å². The zero-order valence-corrected chi connectivity index (χ0v) is 15.6. The van der Waals surface area contributed by atoms with Crippen LogP contribution in [0.3, 0.4) is 0 Å². The van der Waals surface area contributed by atoms with Crippen molar-refractivity contribution in [2.75, 3.05) is 11.1 Å². The molecule has 2 aromatic carbocycles. The van der Waals surface area contributed by atoms with E-state index in [1.165, 1.54) is 11.8 Å². The van der Waals surface area contributed by atoms with Gasteiger partial charge in [-0.2, -0.15) is 13.2 Å². The molecule has 4 nitrogen and oxygen atoms in total. The molecule has 9 heteroatoms. The number of nitrogens with zero attached hydrogens (tertiary/aromatic N) is 1. The Morgan fingerprint density at radius 1 is 1.25 bits per heavy atom. The number of aliphatic imine (C=N–C) groups is 1. The molecule has 1 aliphatic heterocycles. The van der Waals surface area contributed by atoms with Crippen LogP contribution in [0.25, 0.3) is 0 Å². The monoisotopic (exact) mass is 411 g/mol. The number of anilines is 1. The van der Waals surface area contributed by atoms with E-state index in [-0.39, 0.29) is 5.69 Å². The van der Waals surface area contributed by atoms with Crippen LogP contribution in [-0.2, 0) is 11.7 Å². The molecular weight excluding hydrogens is 394 g/mol. The molecule has 0 aromatic heterocycles. The summed E-state index contributed by atoms with van der Waals surface area (Å²) in [4.78, 5) is 16.9. The van der Waals surface area contributed by atoms with E-state index >= 15 is 0 Å². The zero-order chi connectivity index (χ0) is 20.5. The van der Waals surface area contributed by atoms with Gasteiger partial charge in [-0.25, -0.2) is 4.39 Å². The second-order valence-corrected chi connectivity index (χ2v) is 7.66. The summed E-state index contributed by atoms with van der Waals surface area (Å²) in [5, 5.41) is 2.87. The third-order valence-electron chi connectivity index (χ3n) is 4.47. The molecule has 3 N–H and O–H groups in total. The highest BCUT2D eigenvalue weighted by Gasteiger charge is 2.35. The summed E-state index contributed by atoms with van der Waals surface area (Å²) in [6.45, 7) is 1.90. The molecule has 3 rings (SSSR count). The van der Waals surface area contributed by atoms with Gasteiger partial charge < -0.3 is 11.1 Å². The molecule has 1 heterocycles. The number of alkyl halides is 3. The van der Waals surface area contributed by atoms with E-state index in [9.17, 15) is 22.4 Å². The van der Waals surface area contributed by atoms with Crippen LogP contribution in [0.4, 0.5) is 23.2 Å². The average Bonchev–Trinajstić information content (AvgIpc) is 2.60. The van der Waals surface area contributed by atoms with E-state index in [1.807, 2.05) is 13.0 Å². The minimum Gasteiger partial charge on any atom is -0.379 e. The van der Waals surface area contributed by atoms with Crippen molar-refractivity contribution >= 4 is 28.5 Å². The fourth-order valence-electron chi connectivity index (χ4n) is 2.98. The normalized spacial score (nSPS) is 19.8. The third kappa shape index (κ3) is 4.30. The molecular formula is C19H17F4N3OS. The molecule has 0 bridgehead atoms. The van der Waals surface area contributed by atoms with Crippen molar-refractivity contribution in [3.05, 3.63) is 65.0 Å². The molecule has 2 aromatic rings. The maximum absolute atomic E-state index is 13.5.